The first-order chi connectivity index (χ1) is 9.47. The maximum absolute atomic E-state index is 6.40. The van der Waals surface area contributed by atoms with E-state index in [1.165, 1.54) is 27.1 Å². The van der Waals surface area contributed by atoms with Crippen molar-refractivity contribution < 1.29 is 0 Å². The lowest BCUT2D eigenvalue weighted by atomic mass is 10.0. The van der Waals surface area contributed by atoms with Crippen molar-refractivity contribution in [2.24, 2.45) is 5.73 Å². The van der Waals surface area contributed by atoms with Crippen LogP contribution in [0.4, 0.5) is 0 Å². The Labute approximate surface area is 126 Å². The molecule has 0 aliphatic carbocycles. The summed E-state index contributed by atoms with van der Waals surface area (Å²) in [6, 6.07) is 15.2. The van der Waals surface area contributed by atoms with Crippen LogP contribution in [0.3, 0.4) is 0 Å². The molecule has 0 spiro atoms. The van der Waals surface area contributed by atoms with E-state index in [0.717, 1.165) is 0 Å². The predicted molar refractivity (Wildman–Crippen MR) is 89.3 cm³/mol. The summed E-state index contributed by atoms with van der Waals surface area (Å²) in [5, 5.41) is 0.346. The van der Waals surface area contributed by atoms with Crippen LogP contribution in [-0.2, 0) is 0 Å². The van der Waals surface area contributed by atoms with Gasteiger partial charge in [0.15, 0.2) is 0 Å². The lowest BCUT2D eigenvalue weighted by molar-refractivity contribution is 0.714. The first kappa shape index (κ1) is 15.1. The Morgan fingerprint density at radius 1 is 0.900 bits per heavy atom. The molecule has 2 atom stereocenters. The van der Waals surface area contributed by atoms with Gasteiger partial charge in [0.05, 0.1) is 0 Å². The molecule has 2 aromatic carbocycles. The quantitative estimate of drug-likeness (QED) is 0.817. The summed E-state index contributed by atoms with van der Waals surface area (Å²) in [6.07, 6.45) is 0. The zero-order valence-electron chi connectivity index (χ0n) is 12.7. The van der Waals surface area contributed by atoms with Crippen molar-refractivity contribution in [3.63, 3.8) is 0 Å². The average molecular weight is 285 g/mol. The Bertz CT molecular complexity index is 574. The molecular formula is C18H23NS. The van der Waals surface area contributed by atoms with E-state index in [9.17, 15) is 0 Å². The summed E-state index contributed by atoms with van der Waals surface area (Å²) < 4.78 is 0. The van der Waals surface area contributed by atoms with Crippen LogP contribution in [0.25, 0.3) is 0 Å². The molecule has 2 unspecified atom stereocenters. The van der Waals surface area contributed by atoms with Crippen LogP contribution < -0.4 is 5.73 Å². The number of rotatable bonds is 4. The van der Waals surface area contributed by atoms with Gasteiger partial charge in [-0.3, -0.25) is 0 Å². The van der Waals surface area contributed by atoms with Crippen molar-refractivity contribution in [1.82, 2.24) is 0 Å². The standard InChI is InChI=1S/C18H23NS/c1-12-6-9-16(10-7-12)18(19)15(4)20-17-11-13(2)5-8-14(17)3/h5-11,15,18H,19H2,1-4H3. The van der Waals surface area contributed by atoms with Crippen LogP contribution in [0.2, 0.25) is 0 Å². The normalized spacial score (nSPS) is 14.1. The minimum absolute atomic E-state index is 0.0560. The van der Waals surface area contributed by atoms with E-state index >= 15 is 0 Å². The fourth-order valence-electron chi connectivity index (χ4n) is 2.17. The highest BCUT2D eigenvalue weighted by atomic mass is 32.2. The van der Waals surface area contributed by atoms with E-state index in [1.54, 1.807) is 0 Å². The van der Waals surface area contributed by atoms with Gasteiger partial charge in [-0.2, -0.15) is 0 Å². The zero-order chi connectivity index (χ0) is 14.7. The maximum Gasteiger partial charge on any atom is 0.0416 e. The summed E-state index contributed by atoms with van der Waals surface area (Å²) in [7, 11) is 0. The van der Waals surface area contributed by atoms with Gasteiger partial charge < -0.3 is 5.73 Å². The van der Waals surface area contributed by atoms with Crippen molar-refractivity contribution in [3.8, 4) is 0 Å². The highest BCUT2D eigenvalue weighted by molar-refractivity contribution is 8.00. The van der Waals surface area contributed by atoms with Gasteiger partial charge in [0.1, 0.15) is 0 Å². The van der Waals surface area contributed by atoms with Crippen LogP contribution in [-0.4, -0.2) is 5.25 Å². The van der Waals surface area contributed by atoms with Crippen molar-refractivity contribution in [2.75, 3.05) is 0 Å². The first-order valence-electron chi connectivity index (χ1n) is 7.03. The van der Waals surface area contributed by atoms with Crippen LogP contribution in [0, 0.1) is 20.8 Å². The third-order valence-electron chi connectivity index (χ3n) is 3.62. The van der Waals surface area contributed by atoms with E-state index in [0.29, 0.717) is 5.25 Å². The second-order valence-corrected chi connectivity index (χ2v) is 6.95. The summed E-state index contributed by atoms with van der Waals surface area (Å²) in [6.45, 7) is 8.60. The van der Waals surface area contributed by atoms with E-state index in [1.807, 2.05) is 11.8 Å². The molecule has 2 heteroatoms. The molecule has 0 aliphatic heterocycles. The molecule has 0 saturated carbocycles. The molecular weight excluding hydrogens is 262 g/mol. The third kappa shape index (κ3) is 3.65. The summed E-state index contributed by atoms with van der Waals surface area (Å²) >= 11 is 1.87. The van der Waals surface area contributed by atoms with E-state index in [-0.39, 0.29) is 6.04 Å². The van der Waals surface area contributed by atoms with Crippen LogP contribution in [0.15, 0.2) is 47.4 Å². The van der Waals surface area contributed by atoms with Gasteiger partial charge >= 0.3 is 0 Å². The van der Waals surface area contributed by atoms with Crippen LogP contribution >= 0.6 is 11.8 Å². The molecule has 0 fully saturated rings. The average Bonchev–Trinajstić information content (AvgIpc) is 2.43. The summed E-state index contributed by atoms with van der Waals surface area (Å²) in [4.78, 5) is 1.33. The Kier molecular flexibility index (Phi) is 4.90. The number of aryl methyl sites for hydroxylation is 3. The molecule has 20 heavy (non-hydrogen) atoms. The molecule has 0 amide bonds. The van der Waals surface area contributed by atoms with Crippen LogP contribution in [0.1, 0.15) is 35.2 Å². The zero-order valence-corrected chi connectivity index (χ0v) is 13.5. The molecule has 1 nitrogen and oxygen atoms in total. The lowest BCUT2D eigenvalue weighted by Gasteiger charge is -2.21. The number of thioether (sulfide) groups is 1. The molecule has 2 rings (SSSR count). The molecule has 2 aromatic rings. The first-order valence-corrected chi connectivity index (χ1v) is 7.91. The smallest absolute Gasteiger partial charge is 0.0416 e. The van der Waals surface area contributed by atoms with E-state index in [2.05, 4.69) is 70.2 Å². The van der Waals surface area contributed by atoms with Gasteiger partial charge in [-0.1, -0.05) is 54.4 Å². The lowest BCUT2D eigenvalue weighted by Crippen LogP contribution is -2.21. The number of nitrogens with two attached hydrogens (primary N) is 1. The topological polar surface area (TPSA) is 26.0 Å². The third-order valence-corrected chi connectivity index (χ3v) is 4.98. The van der Waals surface area contributed by atoms with E-state index in [4.69, 9.17) is 5.73 Å². The van der Waals surface area contributed by atoms with Crippen molar-refractivity contribution in [3.05, 3.63) is 64.7 Å². The minimum Gasteiger partial charge on any atom is -0.323 e. The molecule has 2 N–H and O–H groups in total. The fourth-order valence-corrected chi connectivity index (χ4v) is 3.38. The van der Waals surface area contributed by atoms with Crippen molar-refractivity contribution >= 4 is 11.8 Å². The largest absolute Gasteiger partial charge is 0.323 e. The maximum atomic E-state index is 6.40. The van der Waals surface area contributed by atoms with Gasteiger partial charge in [-0.05, 0) is 38.0 Å². The Morgan fingerprint density at radius 3 is 2.15 bits per heavy atom. The minimum atomic E-state index is 0.0560. The molecule has 0 aliphatic rings. The highest BCUT2D eigenvalue weighted by Gasteiger charge is 2.16. The van der Waals surface area contributed by atoms with Gasteiger partial charge in [0.25, 0.3) is 0 Å². The summed E-state index contributed by atoms with van der Waals surface area (Å²) in [5.74, 6) is 0. The Morgan fingerprint density at radius 2 is 1.50 bits per heavy atom. The molecule has 0 heterocycles. The Balaban J connectivity index is 2.13. The molecule has 0 aromatic heterocycles. The monoisotopic (exact) mass is 285 g/mol. The molecule has 0 radical (unpaired) electrons. The van der Waals surface area contributed by atoms with Gasteiger partial charge in [-0.15, -0.1) is 11.8 Å². The van der Waals surface area contributed by atoms with Gasteiger partial charge in [0.2, 0.25) is 0 Å². The fraction of sp³-hybridized carbons (Fsp3) is 0.333. The second-order valence-electron chi connectivity index (χ2n) is 5.53. The Hall–Kier alpha value is -1.25. The number of benzene rings is 2. The number of hydrogen-bond donors (Lipinski definition) is 1. The van der Waals surface area contributed by atoms with E-state index < -0.39 is 0 Å². The highest BCUT2D eigenvalue weighted by Crippen LogP contribution is 2.33. The van der Waals surface area contributed by atoms with Gasteiger partial charge in [0, 0.05) is 16.2 Å². The van der Waals surface area contributed by atoms with Crippen molar-refractivity contribution in [1.29, 1.82) is 0 Å². The predicted octanol–water partition coefficient (Wildman–Crippen LogP) is 4.79. The second kappa shape index (κ2) is 6.47. The molecule has 0 saturated heterocycles. The molecule has 106 valence electrons. The SMILES string of the molecule is Cc1ccc(C(N)C(C)Sc2cc(C)ccc2C)cc1. The van der Waals surface area contributed by atoms with Crippen LogP contribution in [0.5, 0.6) is 0 Å². The molecule has 0 bridgehead atoms. The van der Waals surface area contributed by atoms with Crippen molar-refractivity contribution in [2.45, 2.75) is 43.9 Å². The van der Waals surface area contributed by atoms with Gasteiger partial charge in [-0.25, -0.2) is 0 Å². The summed E-state index contributed by atoms with van der Waals surface area (Å²) in [5.41, 5.74) is 11.5. The number of hydrogen-bond acceptors (Lipinski definition) is 2.